The maximum Gasteiger partial charge on any atom is 0.0645 e. The van der Waals surface area contributed by atoms with Gasteiger partial charge in [0.15, 0.2) is 0 Å². The van der Waals surface area contributed by atoms with Crippen molar-refractivity contribution in [1.29, 1.82) is 0 Å². The number of fused-ring (bicyclic) bond motifs is 2. The fraction of sp³-hybridized carbons (Fsp3) is 0.261. The second kappa shape index (κ2) is 14.5. The van der Waals surface area contributed by atoms with Crippen molar-refractivity contribution in [1.82, 2.24) is 19.9 Å². The van der Waals surface area contributed by atoms with Crippen molar-refractivity contribution in [2.75, 3.05) is 9.80 Å². The summed E-state index contributed by atoms with van der Waals surface area (Å²) in [4.78, 5) is 22.7. The number of benzene rings is 3. The molecule has 0 unspecified atom stereocenters. The molecular formula is C46H44N6. The molecule has 4 heterocycles. The molecule has 52 heavy (non-hydrogen) atoms. The summed E-state index contributed by atoms with van der Waals surface area (Å²) >= 11 is 0. The molecular weight excluding hydrogens is 637 g/mol. The van der Waals surface area contributed by atoms with Crippen LogP contribution in [0.5, 0.6) is 0 Å². The van der Waals surface area contributed by atoms with Crippen LogP contribution < -0.4 is 9.80 Å². The molecule has 7 aromatic rings. The molecule has 6 heteroatoms. The third-order valence-corrected chi connectivity index (χ3v) is 11.3. The van der Waals surface area contributed by atoms with E-state index in [1.807, 2.05) is 73.8 Å². The number of hydrogen-bond donors (Lipinski definition) is 0. The Balaban J connectivity index is 1.32. The summed E-state index contributed by atoms with van der Waals surface area (Å²) in [7, 11) is 0. The molecule has 2 saturated carbocycles. The van der Waals surface area contributed by atoms with Crippen LogP contribution in [0, 0.1) is 0 Å². The highest BCUT2D eigenvalue weighted by Crippen LogP contribution is 2.50. The highest BCUT2D eigenvalue weighted by atomic mass is 15.2. The number of hydrogen-bond acceptors (Lipinski definition) is 6. The molecule has 2 aliphatic carbocycles. The first-order valence-electron chi connectivity index (χ1n) is 19.1. The zero-order valence-corrected chi connectivity index (χ0v) is 29.6. The molecule has 0 spiro atoms. The van der Waals surface area contributed by atoms with Crippen LogP contribution in [0.25, 0.3) is 21.5 Å². The van der Waals surface area contributed by atoms with Crippen LogP contribution >= 0.6 is 0 Å². The van der Waals surface area contributed by atoms with E-state index in [0.717, 1.165) is 34.1 Å². The van der Waals surface area contributed by atoms with E-state index in [1.165, 1.54) is 96.9 Å². The molecule has 2 fully saturated rings. The second-order valence-corrected chi connectivity index (χ2v) is 14.5. The zero-order valence-electron chi connectivity index (χ0n) is 29.6. The lowest BCUT2D eigenvalue weighted by Crippen LogP contribution is -2.13. The van der Waals surface area contributed by atoms with Crippen molar-refractivity contribution in [2.45, 2.75) is 76.0 Å². The van der Waals surface area contributed by atoms with Gasteiger partial charge in [-0.3, -0.25) is 19.9 Å². The van der Waals surface area contributed by atoms with Gasteiger partial charge < -0.3 is 9.80 Å². The van der Waals surface area contributed by atoms with Gasteiger partial charge in [0, 0.05) is 36.2 Å². The van der Waals surface area contributed by atoms with Gasteiger partial charge >= 0.3 is 0 Å². The molecule has 9 rings (SSSR count). The summed E-state index contributed by atoms with van der Waals surface area (Å²) in [5, 5.41) is 5.62. The van der Waals surface area contributed by atoms with E-state index in [4.69, 9.17) is 0 Å². The van der Waals surface area contributed by atoms with Gasteiger partial charge in [-0.15, -0.1) is 0 Å². The summed E-state index contributed by atoms with van der Waals surface area (Å²) in [6.45, 7) is 0. The van der Waals surface area contributed by atoms with E-state index < -0.39 is 0 Å². The Bertz CT molecular complexity index is 2020. The van der Waals surface area contributed by atoms with Crippen LogP contribution in [0.1, 0.15) is 87.2 Å². The fourth-order valence-corrected chi connectivity index (χ4v) is 9.05. The Morgan fingerprint density at radius 1 is 0.365 bits per heavy atom. The lowest BCUT2D eigenvalue weighted by Gasteiger charge is -2.32. The molecule has 0 radical (unpaired) electrons. The SMILES string of the molecule is c1cncc(N(c2cccnc2)c2ccc3c(C4CCCCC4)c4cc(N(c5cccnc5)c5cccnc5)ccc4c(C4CCCCC4)c3c2)c1. The topological polar surface area (TPSA) is 58.0 Å². The lowest BCUT2D eigenvalue weighted by molar-refractivity contribution is 0.445. The van der Waals surface area contributed by atoms with Crippen molar-refractivity contribution < 1.29 is 0 Å². The predicted molar refractivity (Wildman–Crippen MR) is 214 cm³/mol. The molecule has 4 aromatic heterocycles. The average Bonchev–Trinajstić information content (AvgIpc) is 3.22. The summed E-state index contributed by atoms with van der Waals surface area (Å²) in [6, 6.07) is 31.1. The first-order chi connectivity index (χ1) is 25.8. The largest absolute Gasteiger partial charge is 0.307 e. The maximum absolute atomic E-state index is 4.52. The van der Waals surface area contributed by atoms with Crippen molar-refractivity contribution >= 4 is 55.7 Å². The number of rotatable bonds is 8. The lowest BCUT2D eigenvalue weighted by atomic mass is 9.74. The van der Waals surface area contributed by atoms with E-state index in [2.05, 4.69) is 90.4 Å². The molecule has 0 aliphatic heterocycles. The van der Waals surface area contributed by atoms with Crippen LogP contribution in [-0.4, -0.2) is 19.9 Å². The van der Waals surface area contributed by atoms with Crippen molar-refractivity contribution in [3.05, 3.63) is 146 Å². The Kier molecular flexibility index (Phi) is 9.04. The minimum atomic E-state index is 0.512. The van der Waals surface area contributed by atoms with Crippen LogP contribution in [-0.2, 0) is 0 Å². The number of nitrogens with zero attached hydrogens (tertiary/aromatic N) is 6. The van der Waals surface area contributed by atoms with Crippen LogP contribution in [0.15, 0.2) is 135 Å². The number of anilines is 6. The Labute approximate surface area is 306 Å². The molecule has 3 aromatic carbocycles. The summed E-state index contributed by atoms with van der Waals surface area (Å²) < 4.78 is 0. The van der Waals surface area contributed by atoms with Gasteiger partial charge in [-0.05, 0) is 143 Å². The van der Waals surface area contributed by atoms with Crippen LogP contribution in [0.2, 0.25) is 0 Å². The summed E-state index contributed by atoms with van der Waals surface area (Å²) in [5.41, 5.74) is 9.41. The van der Waals surface area contributed by atoms with Crippen molar-refractivity contribution in [3.8, 4) is 0 Å². The Morgan fingerprint density at radius 3 is 1.02 bits per heavy atom. The molecule has 0 amide bonds. The van der Waals surface area contributed by atoms with E-state index in [1.54, 1.807) is 0 Å². The van der Waals surface area contributed by atoms with Crippen molar-refractivity contribution in [2.24, 2.45) is 0 Å². The van der Waals surface area contributed by atoms with Gasteiger partial charge in [0.25, 0.3) is 0 Å². The smallest absolute Gasteiger partial charge is 0.0645 e. The minimum absolute atomic E-state index is 0.512. The molecule has 0 bridgehead atoms. The quantitative estimate of drug-likeness (QED) is 0.149. The highest BCUT2D eigenvalue weighted by Gasteiger charge is 2.28. The summed E-state index contributed by atoms with van der Waals surface area (Å²) in [6.07, 6.45) is 27.8. The first kappa shape index (κ1) is 32.3. The standard InChI is InChI=1S/C46H44N6/c1-3-11-33(12-4-1)45-41-21-19-36(52(39-17-9-25-49-31-39)40-18-10-26-50-32-40)28-44(41)46(34-13-5-2-6-14-34)42-22-20-35(27-43(42)45)51(37-15-7-23-47-29-37)38-16-8-24-48-30-38/h7-10,15-34H,1-6,11-14H2. The average molecular weight is 681 g/mol. The molecule has 2 aliphatic rings. The molecule has 0 saturated heterocycles. The molecule has 258 valence electrons. The number of pyridine rings is 4. The maximum atomic E-state index is 4.52. The van der Waals surface area contributed by atoms with Gasteiger partial charge in [0.05, 0.1) is 47.5 Å². The van der Waals surface area contributed by atoms with Gasteiger partial charge in [-0.2, -0.15) is 0 Å². The van der Waals surface area contributed by atoms with Gasteiger partial charge in [0.2, 0.25) is 0 Å². The van der Waals surface area contributed by atoms with Gasteiger partial charge in [-0.25, -0.2) is 0 Å². The molecule has 6 nitrogen and oxygen atoms in total. The third-order valence-electron chi connectivity index (χ3n) is 11.3. The monoisotopic (exact) mass is 680 g/mol. The third kappa shape index (κ3) is 6.17. The van der Waals surface area contributed by atoms with E-state index >= 15 is 0 Å². The minimum Gasteiger partial charge on any atom is -0.307 e. The van der Waals surface area contributed by atoms with E-state index in [9.17, 15) is 0 Å². The van der Waals surface area contributed by atoms with Gasteiger partial charge in [-0.1, -0.05) is 50.7 Å². The Morgan fingerprint density at radius 2 is 0.712 bits per heavy atom. The van der Waals surface area contributed by atoms with E-state index in [-0.39, 0.29) is 0 Å². The number of aromatic nitrogens is 4. The van der Waals surface area contributed by atoms with E-state index in [0.29, 0.717) is 11.8 Å². The molecule has 0 N–H and O–H groups in total. The zero-order chi connectivity index (χ0) is 34.7. The summed E-state index contributed by atoms with van der Waals surface area (Å²) in [5.74, 6) is 1.02. The van der Waals surface area contributed by atoms with Gasteiger partial charge in [0.1, 0.15) is 0 Å². The predicted octanol–water partition coefficient (Wildman–Crippen LogP) is 12.6. The second-order valence-electron chi connectivity index (χ2n) is 14.5. The fourth-order valence-electron chi connectivity index (χ4n) is 9.05. The van der Waals surface area contributed by atoms with Crippen LogP contribution in [0.4, 0.5) is 34.1 Å². The highest BCUT2D eigenvalue weighted by molar-refractivity contribution is 6.09. The molecule has 0 atom stereocenters. The normalized spacial score (nSPS) is 15.5. The van der Waals surface area contributed by atoms with Crippen LogP contribution in [0.3, 0.4) is 0 Å². The Hall–Kier alpha value is -5.62. The van der Waals surface area contributed by atoms with Crippen molar-refractivity contribution in [3.63, 3.8) is 0 Å². The first-order valence-corrected chi connectivity index (χ1v) is 19.1.